The van der Waals surface area contributed by atoms with Crippen molar-refractivity contribution in [2.75, 3.05) is 0 Å². The molecule has 0 atom stereocenters. The standard InChI is InChI=1S/C51H29N3O2S/c1-3-13-30(14-4-1)49-52-50(31-15-5-2-6-16-31)54-51(53-49)39-22-12-21-38-37-20-11-19-34(46(37)56-47(38)39)33-28-40(48-42(29-33)35-17-7-9-23-43(35)55-48)32-25-26-45-41(27-32)36-18-8-10-24-44(36)57-45/h1-29H. The normalized spacial score (nSPS) is 11.9. The van der Waals surface area contributed by atoms with Crippen LogP contribution in [0.15, 0.2) is 185 Å². The maximum atomic E-state index is 7.01. The van der Waals surface area contributed by atoms with Crippen molar-refractivity contribution in [3.8, 4) is 56.4 Å². The fourth-order valence-corrected chi connectivity index (χ4v) is 9.33. The van der Waals surface area contributed by atoms with Gasteiger partial charge in [-0.05, 0) is 53.6 Å². The number of rotatable bonds is 5. The Bertz CT molecular complexity index is 3470. The van der Waals surface area contributed by atoms with Crippen LogP contribution in [0.3, 0.4) is 0 Å². The molecule has 0 aliphatic rings. The Kier molecular flexibility index (Phi) is 7.03. The van der Waals surface area contributed by atoms with E-state index in [9.17, 15) is 0 Å². The molecule has 0 aliphatic heterocycles. The van der Waals surface area contributed by atoms with E-state index in [4.69, 9.17) is 23.8 Å². The second-order valence-corrected chi connectivity index (χ2v) is 15.4. The van der Waals surface area contributed by atoms with Crippen LogP contribution in [0.2, 0.25) is 0 Å². The second-order valence-electron chi connectivity index (χ2n) is 14.3. The molecule has 0 aliphatic carbocycles. The third kappa shape index (κ3) is 5.12. The van der Waals surface area contributed by atoms with Crippen LogP contribution in [0.1, 0.15) is 0 Å². The SMILES string of the molecule is c1ccc(-c2nc(-c3ccccc3)nc(-c3cccc4c3oc3c(-c5cc(-c6ccc7sc8ccccc8c7c6)c6oc7ccccc7c6c5)cccc34)n2)cc1. The fourth-order valence-electron chi connectivity index (χ4n) is 8.24. The van der Waals surface area contributed by atoms with Gasteiger partial charge in [-0.15, -0.1) is 11.3 Å². The monoisotopic (exact) mass is 747 g/mol. The lowest BCUT2D eigenvalue weighted by Gasteiger charge is -2.09. The van der Waals surface area contributed by atoms with E-state index in [-0.39, 0.29) is 0 Å². The van der Waals surface area contributed by atoms with Crippen molar-refractivity contribution < 1.29 is 8.83 Å². The molecule has 8 aromatic carbocycles. The lowest BCUT2D eigenvalue weighted by Crippen LogP contribution is -2.00. The maximum Gasteiger partial charge on any atom is 0.167 e. The lowest BCUT2D eigenvalue weighted by molar-refractivity contribution is 0.669. The molecule has 6 heteroatoms. The minimum Gasteiger partial charge on any atom is -0.455 e. The van der Waals surface area contributed by atoms with E-state index in [2.05, 4.69) is 97.1 Å². The van der Waals surface area contributed by atoms with E-state index >= 15 is 0 Å². The Balaban J connectivity index is 1.08. The molecule has 0 bridgehead atoms. The van der Waals surface area contributed by atoms with Gasteiger partial charge in [0.15, 0.2) is 17.5 Å². The summed E-state index contributed by atoms with van der Waals surface area (Å²) in [5.74, 6) is 1.77. The fraction of sp³-hybridized carbons (Fsp3) is 0. The summed E-state index contributed by atoms with van der Waals surface area (Å²) in [6.45, 7) is 0. The number of furan rings is 2. The van der Waals surface area contributed by atoms with Gasteiger partial charge in [0.2, 0.25) is 0 Å². The van der Waals surface area contributed by atoms with Crippen LogP contribution in [-0.2, 0) is 0 Å². The molecule has 0 saturated carbocycles. The summed E-state index contributed by atoms with van der Waals surface area (Å²) >= 11 is 1.83. The van der Waals surface area contributed by atoms with Gasteiger partial charge in [0.25, 0.3) is 0 Å². The summed E-state index contributed by atoms with van der Waals surface area (Å²) in [5.41, 5.74) is 10.1. The van der Waals surface area contributed by atoms with Crippen molar-refractivity contribution in [3.63, 3.8) is 0 Å². The first-order chi connectivity index (χ1) is 28.2. The van der Waals surface area contributed by atoms with Crippen molar-refractivity contribution in [2.24, 2.45) is 0 Å². The van der Waals surface area contributed by atoms with E-state index < -0.39 is 0 Å². The number of hydrogen-bond acceptors (Lipinski definition) is 6. The Morgan fingerprint density at radius 3 is 1.63 bits per heavy atom. The van der Waals surface area contributed by atoms with Gasteiger partial charge in [-0.2, -0.15) is 0 Å². The van der Waals surface area contributed by atoms with Crippen LogP contribution >= 0.6 is 11.3 Å². The zero-order valence-corrected chi connectivity index (χ0v) is 31.1. The highest BCUT2D eigenvalue weighted by Gasteiger charge is 2.22. The first kappa shape index (κ1) is 31.9. The quantitative estimate of drug-likeness (QED) is 0.175. The molecule has 57 heavy (non-hydrogen) atoms. The Labute approximate surface area is 330 Å². The molecular formula is C51H29N3O2S. The number of benzene rings is 8. The Hall–Kier alpha value is -7.41. The van der Waals surface area contributed by atoms with Crippen molar-refractivity contribution in [1.29, 1.82) is 0 Å². The van der Waals surface area contributed by atoms with Crippen molar-refractivity contribution in [1.82, 2.24) is 15.0 Å². The Morgan fingerprint density at radius 2 is 0.877 bits per heavy atom. The highest BCUT2D eigenvalue weighted by atomic mass is 32.1. The molecule has 0 N–H and O–H groups in total. The van der Waals surface area contributed by atoms with Gasteiger partial charge in [-0.25, -0.2) is 15.0 Å². The van der Waals surface area contributed by atoms with Crippen LogP contribution in [0, 0.1) is 0 Å². The van der Waals surface area contributed by atoms with Gasteiger partial charge in [0.1, 0.15) is 22.3 Å². The molecule has 5 nitrogen and oxygen atoms in total. The first-order valence-corrected chi connectivity index (χ1v) is 19.7. The smallest absolute Gasteiger partial charge is 0.167 e. The number of aromatic nitrogens is 3. The topological polar surface area (TPSA) is 65.0 Å². The van der Waals surface area contributed by atoms with E-state index in [1.165, 1.54) is 20.2 Å². The molecule has 0 saturated heterocycles. The van der Waals surface area contributed by atoms with Crippen LogP contribution in [0.4, 0.5) is 0 Å². The van der Waals surface area contributed by atoms with Crippen molar-refractivity contribution in [2.45, 2.75) is 0 Å². The molecule has 12 rings (SSSR count). The summed E-state index contributed by atoms with van der Waals surface area (Å²) < 4.78 is 16.2. The maximum absolute atomic E-state index is 7.01. The number of nitrogens with zero attached hydrogens (tertiary/aromatic N) is 3. The molecule has 4 heterocycles. The number of hydrogen-bond donors (Lipinski definition) is 0. The summed E-state index contributed by atoms with van der Waals surface area (Å²) in [6, 6.07) is 60.9. The highest BCUT2D eigenvalue weighted by molar-refractivity contribution is 7.25. The van der Waals surface area contributed by atoms with E-state index in [0.717, 1.165) is 82.8 Å². The summed E-state index contributed by atoms with van der Waals surface area (Å²) in [6.07, 6.45) is 0. The van der Waals surface area contributed by atoms with Crippen molar-refractivity contribution in [3.05, 3.63) is 176 Å². The van der Waals surface area contributed by atoms with Gasteiger partial charge in [-0.1, -0.05) is 133 Å². The zero-order chi connectivity index (χ0) is 37.5. The molecular weight excluding hydrogens is 719 g/mol. The highest BCUT2D eigenvalue weighted by Crippen LogP contribution is 2.45. The minimum absolute atomic E-state index is 0.554. The number of para-hydroxylation sites is 3. The number of thiophene rings is 1. The third-order valence-corrected chi connectivity index (χ3v) is 12.1. The molecule has 4 aromatic heterocycles. The first-order valence-electron chi connectivity index (χ1n) is 18.9. The third-order valence-electron chi connectivity index (χ3n) is 10.9. The van der Waals surface area contributed by atoms with Gasteiger partial charge in [0, 0.05) is 64.0 Å². The predicted octanol–water partition coefficient (Wildman–Crippen LogP) is 14.4. The largest absolute Gasteiger partial charge is 0.455 e. The van der Waals surface area contributed by atoms with Crippen LogP contribution in [0.5, 0.6) is 0 Å². The molecule has 266 valence electrons. The predicted molar refractivity (Wildman–Crippen MR) is 234 cm³/mol. The average molecular weight is 748 g/mol. The lowest BCUT2D eigenvalue weighted by atomic mass is 9.94. The molecule has 0 radical (unpaired) electrons. The van der Waals surface area contributed by atoms with Crippen LogP contribution in [-0.4, -0.2) is 15.0 Å². The van der Waals surface area contributed by atoms with Crippen LogP contribution < -0.4 is 0 Å². The van der Waals surface area contributed by atoms with Gasteiger partial charge in [-0.3, -0.25) is 0 Å². The van der Waals surface area contributed by atoms with Gasteiger partial charge >= 0.3 is 0 Å². The van der Waals surface area contributed by atoms with E-state index in [1.54, 1.807) is 0 Å². The molecule has 0 unspecified atom stereocenters. The van der Waals surface area contributed by atoms with E-state index in [1.807, 2.05) is 90.2 Å². The van der Waals surface area contributed by atoms with Crippen LogP contribution in [0.25, 0.3) is 120 Å². The molecule has 12 aromatic rings. The average Bonchev–Trinajstić information content (AvgIpc) is 3.98. The second kappa shape index (κ2) is 12.6. The molecule has 0 spiro atoms. The zero-order valence-electron chi connectivity index (χ0n) is 30.3. The number of fused-ring (bicyclic) bond motifs is 9. The molecule has 0 fully saturated rings. The van der Waals surface area contributed by atoms with E-state index in [0.29, 0.717) is 17.5 Å². The van der Waals surface area contributed by atoms with Crippen molar-refractivity contribution >= 4 is 75.4 Å². The minimum atomic E-state index is 0.554. The van der Waals surface area contributed by atoms with Gasteiger partial charge < -0.3 is 8.83 Å². The Morgan fingerprint density at radius 1 is 0.316 bits per heavy atom. The van der Waals surface area contributed by atoms with Gasteiger partial charge in [0.05, 0.1) is 5.56 Å². The summed E-state index contributed by atoms with van der Waals surface area (Å²) in [5, 5.41) is 6.68. The summed E-state index contributed by atoms with van der Waals surface area (Å²) in [4.78, 5) is 15.0. The molecule has 0 amide bonds. The summed E-state index contributed by atoms with van der Waals surface area (Å²) in [7, 11) is 0.